The highest BCUT2D eigenvalue weighted by Crippen LogP contribution is 2.49. The van der Waals surface area contributed by atoms with Gasteiger partial charge in [0.1, 0.15) is 17.1 Å². The third kappa shape index (κ3) is 2.39. The Hall–Kier alpha value is -1.22. The first-order chi connectivity index (χ1) is 9.65. The molecule has 1 fully saturated rings. The fraction of sp³-hybridized carbons (Fsp3) is 0.647. The Morgan fingerprint density at radius 1 is 1.40 bits per heavy atom. The fourth-order valence-corrected chi connectivity index (χ4v) is 3.83. The number of hydrogen-bond donors (Lipinski definition) is 1. The maximum Gasteiger partial charge on any atom is 0.125 e. The molecule has 2 aliphatic rings. The topological polar surface area (TPSA) is 30.5 Å². The molecular weight excluding hydrogens is 250 g/mol. The highest BCUT2D eigenvalue weighted by Gasteiger charge is 2.45. The Labute approximate surface area is 121 Å². The van der Waals surface area contributed by atoms with Crippen LogP contribution < -0.4 is 14.8 Å². The summed E-state index contributed by atoms with van der Waals surface area (Å²) in [5.41, 5.74) is 1.30. The fourth-order valence-electron chi connectivity index (χ4n) is 3.83. The molecule has 3 atom stereocenters. The second-order valence-corrected chi connectivity index (χ2v) is 6.35. The van der Waals surface area contributed by atoms with Crippen molar-refractivity contribution in [3.63, 3.8) is 0 Å². The first-order valence-electron chi connectivity index (χ1n) is 7.76. The van der Waals surface area contributed by atoms with Gasteiger partial charge in [0.2, 0.25) is 0 Å². The lowest BCUT2D eigenvalue weighted by Crippen LogP contribution is -2.42. The average Bonchev–Trinajstić information content (AvgIpc) is 2.79. The van der Waals surface area contributed by atoms with Crippen LogP contribution in [-0.4, -0.2) is 19.3 Å². The number of ether oxygens (including phenoxy) is 2. The molecule has 3 rings (SSSR count). The second kappa shape index (κ2) is 5.28. The minimum Gasteiger partial charge on any atom is -0.497 e. The van der Waals surface area contributed by atoms with E-state index in [0.717, 1.165) is 30.4 Å². The summed E-state index contributed by atoms with van der Waals surface area (Å²) in [6.45, 7) is 5.48. The number of nitrogens with one attached hydrogen (secondary N) is 1. The molecule has 20 heavy (non-hydrogen) atoms. The number of hydrogen-bond acceptors (Lipinski definition) is 3. The Morgan fingerprint density at radius 3 is 2.90 bits per heavy atom. The minimum atomic E-state index is 0.0494. The van der Waals surface area contributed by atoms with Gasteiger partial charge in [0.15, 0.2) is 0 Å². The van der Waals surface area contributed by atoms with Crippen LogP contribution in [0.3, 0.4) is 0 Å². The van der Waals surface area contributed by atoms with Gasteiger partial charge in [-0.2, -0.15) is 0 Å². The third-order valence-electron chi connectivity index (χ3n) is 4.76. The molecule has 110 valence electrons. The lowest BCUT2D eigenvalue weighted by Gasteiger charge is -2.40. The van der Waals surface area contributed by atoms with Gasteiger partial charge >= 0.3 is 0 Å². The first kappa shape index (κ1) is 13.7. The molecule has 1 heterocycles. The molecule has 0 aromatic heterocycles. The Kier molecular flexibility index (Phi) is 3.63. The summed E-state index contributed by atoms with van der Waals surface area (Å²) in [5.74, 6) is 2.72. The van der Waals surface area contributed by atoms with E-state index in [0.29, 0.717) is 6.04 Å². The van der Waals surface area contributed by atoms with E-state index in [1.165, 1.54) is 24.8 Å². The van der Waals surface area contributed by atoms with Gasteiger partial charge in [-0.1, -0.05) is 13.8 Å². The van der Waals surface area contributed by atoms with Gasteiger partial charge in [-0.15, -0.1) is 0 Å². The average molecular weight is 275 g/mol. The molecule has 0 amide bonds. The standard InChI is InChI=1S/C17H25NO2/c1-4-18-15-11-17(8-7-12(2)10-17)20-16-6-5-13(19-3)9-14(15)16/h5-6,9,12,15,18H,4,7-8,10-11H2,1-3H3. The predicted molar refractivity (Wildman–Crippen MR) is 80.4 cm³/mol. The molecule has 3 heteroatoms. The lowest BCUT2D eigenvalue weighted by atomic mass is 9.85. The molecule has 0 saturated heterocycles. The van der Waals surface area contributed by atoms with Crippen LogP contribution in [-0.2, 0) is 0 Å². The van der Waals surface area contributed by atoms with Crippen LogP contribution in [0.5, 0.6) is 11.5 Å². The molecule has 3 unspecified atom stereocenters. The Bertz CT molecular complexity index is 488. The van der Waals surface area contributed by atoms with Crippen molar-refractivity contribution in [2.75, 3.05) is 13.7 Å². The van der Waals surface area contributed by atoms with Crippen molar-refractivity contribution in [1.29, 1.82) is 0 Å². The molecule has 1 aromatic carbocycles. The maximum atomic E-state index is 6.43. The van der Waals surface area contributed by atoms with E-state index in [-0.39, 0.29) is 5.60 Å². The second-order valence-electron chi connectivity index (χ2n) is 6.35. The quantitative estimate of drug-likeness (QED) is 0.912. The van der Waals surface area contributed by atoms with Crippen molar-refractivity contribution in [2.24, 2.45) is 5.92 Å². The summed E-state index contributed by atoms with van der Waals surface area (Å²) in [5, 5.41) is 3.62. The maximum absolute atomic E-state index is 6.43. The third-order valence-corrected chi connectivity index (χ3v) is 4.76. The molecule has 0 bridgehead atoms. The molecule has 1 N–H and O–H groups in total. The van der Waals surface area contributed by atoms with Crippen LogP contribution in [0.2, 0.25) is 0 Å². The molecule has 1 aliphatic heterocycles. The van der Waals surface area contributed by atoms with Crippen LogP contribution in [0.25, 0.3) is 0 Å². The zero-order valence-electron chi connectivity index (χ0n) is 12.7. The highest BCUT2D eigenvalue weighted by molar-refractivity contribution is 5.44. The van der Waals surface area contributed by atoms with Crippen molar-refractivity contribution < 1.29 is 9.47 Å². The van der Waals surface area contributed by atoms with Gasteiger partial charge in [-0.25, -0.2) is 0 Å². The summed E-state index contributed by atoms with van der Waals surface area (Å²) in [6.07, 6.45) is 4.72. The van der Waals surface area contributed by atoms with Crippen LogP contribution in [0.4, 0.5) is 0 Å². The smallest absolute Gasteiger partial charge is 0.125 e. The van der Waals surface area contributed by atoms with E-state index in [2.05, 4.69) is 31.3 Å². The number of fused-ring (bicyclic) bond motifs is 1. The van der Waals surface area contributed by atoms with Crippen molar-refractivity contribution in [1.82, 2.24) is 5.32 Å². The zero-order chi connectivity index (χ0) is 14.2. The number of benzene rings is 1. The van der Waals surface area contributed by atoms with Crippen LogP contribution in [0.1, 0.15) is 51.1 Å². The zero-order valence-corrected chi connectivity index (χ0v) is 12.7. The summed E-state index contributed by atoms with van der Waals surface area (Å²) >= 11 is 0. The highest BCUT2D eigenvalue weighted by atomic mass is 16.5. The van der Waals surface area contributed by atoms with E-state index in [1.807, 2.05) is 6.07 Å². The normalized spacial score (nSPS) is 31.9. The Morgan fingerprint density at radius 2 is 2.25 bits per heavy atom. The lowest BCUT2D eigenvalue weighted by molar-refractivity contribution is 0.0337. The van der Waals surface area contributed by atoms with E-state index in [4.69, 9.17) is 9.47 Å². The van der Waals surface area contributed by atoms with Gasteiger partial charge < -0.3 is 14.8 Å². The molecule has 1 spiro atoms. The van der Waals surface area contributed by atoms with Crippen molar-refractivity contribution >= 4 is 0 Å². The monoisotopic (exact) mass is 275 g/mol. The molecule has 0 radical (unpaired) electrons. The predicted octanol–water partition coefficient (Wildman–Crippen LogP) is 3.69. The molecule has 1 aromatic rings. The number of rotatable bonds is 3. The van der Waals surface area contributed by atoms with Crippen LogP contribution >= 0.6 is 0 Å². The van der Waals surface area contributed by atoms with Crippen LogP contribution in [0, 0.1) is 5.92 Å². The number of methoxy groups -OCH3 is 1. The van der Waals surface area contributed by atoms with Gasteiger partial charge in [0.25, 0.3) is 0 Å². The van der Waals surface area contributed by atoms with E-state index >= 15 is 0 Å². The SMILES string of the molecule is CCNC1CC2(CCC(C)C2)Oc2ccc(OC)cc21. The summed E-state index contributed by atoms with van der Waals surface area (Å²) in [6, 6.07) is 6.57. The molecule has 1 aliphatic carbocycles. The largest absolute Gasteiger partial charge is 0.497 e. The van der Waals surface area contributed by atoms with Crippen molar-refractivity contribution in [2.45, 2.75) is 51.2 Å². The van der Waals surface area contributed by atoms with Gasteiger partial charge in [0, 0.05) is 18.0 Å². The van der Waals surface area contributed by atoms with Gasteiger partial charge in [-0.05, 0) is 49.9 Å². The first-order valence-corrected chi connectivity index (χ1v) is 7.76. The molecule has 3 nitrogen and oxygen atoms in total. The van der Waals surface area contributed by atoms with Crippen molar-refractivity contribution in [3.05, 3.63) is 23.8 Å². The minimum absolute atomic E-state index is 0.0494. The van der Waals surface area contributed by atoms with E-state index < -0.39 is 0 Å². The van der Waals surface area contributed by atoms with E-state index in [9.17, 15) is 0 Å². The van der Waals surface area contributed by atoms with E-state index in [1.54, 1.807) is 7.11 Å². The summed E-state index contributed by atoms with van der Waals surface area (Å²) in [4.78, 5) is 0. The molecule has 1 saturated carbocycles. The van der Waals surface area contributed by atoms with Gasteiger partial charge in [-0.3, -0.25) is 0 Å². The summed E-state index contributed by atoms with van der Waals surface area (Å²) < 4.78 is 11.8. The van der Waals surface area contributed by atoms with Gasteiger partial charge in [0.05, 0.1) is 7.11 Å². The summed E-state index contributed by atoms with van der Waals surface area (Å²) in [7, 11) is 1.72. The molecular formula is C17H25NO2. The van der Waals surface area contributed by atoms with Crippen molar-refractivity contribution in [3.8, 4) is 11.5 Å². The Balaban J connectivity index is 1.94. The van der Waals surface area contributed by atoms with Crippen LogP contribution in [0.15, 0.2) is 18.2 Å².